The summed E-state index contributed by atoms with van der Waals surface area (Å²) in [4.78, 5) is 0.0660. The van der Waals surface area contributed by atoms with Gasteiger partial charge in [0, 0.05) is 5.56 Å². The minimum absolute atomic E-state index is 0.0255. The third kappa shape index (κ3) is 4.30. The van der Waals surface area contributed by atoms with Gasteiger partial charge in [0.05, 0.1) is 15.6 Å². The summed E-state index contributed by atoms with van der Waals surface area (Å²) >= 11 is 12.3. The van der Waals surface area contributed by atoms with E-state index >= 15 is 0 Å². The molecule has 0 saturated heterocycles. The molecule has 0 heterocycles. The number of nitrogens with zero attached hydrogens (tertiary/aromatic N) is 1. The van der Waals surface area contributed by atoms with E-state index in [2.05, 4.69) is 9.71 Å². The molecule has 0 saturated carbocycles. The second-order valence-electron chi connectivity index (χ2n) is 5.94. The minimum Gasteiger partial charge on any atom is -0.506 e. The topological polar surface area (TPSA) is 78.8 Å². The number of phenolic OH excluding ortho intramolecular Hbond substituents is 1. The number of benzene rings is 3. The highest BCUT2D eigenvalue weighted by atomic mass is 35.5. The Bertz CT molecular complexity index is 1130. The predicted molar refractivity (Wildman–Crippen MR) is 113 cm³/mol. The summed E-state index contributed by atoms with van der Waals surface area (Å²) < 4.78 is 29.5. The van der Waals surface area contributed by atoms with Gasteiger partial charge in [0.25, 0.3) is 10.0 Å². The number of sulfonamides is 1. The van der Waals surface area contributed by atoms with Crippen LogP contribution in [-0.4, -0.2) is 19.4 Å². The highest BCUT2D eigenvalue weighted by molar-refractivity contribution is 7.90. The van der Waals surface area contributed by atoms with Gasteiger partial charge in [-0.25, -0.2) is 0 Å². The molecule has 0 bridgehead atoms. The van der Waals surface area contributed by atoms with Crippen LogP contribution in [0.1, 0.15) is 11.1 Å². The van der Waals surface area contributed by atoms with Gasteiger partial charge in [-0.15, -0.1) is 4.40 Å². The van der Waals surface area contributed by atoms with Crippen LogP contribution in [0.5, 0.6) is 5.75 Å². The Hall–Kier alpha value is -2.54. The Morgan fingerprint density at radius 2 is 1.54 bits per heavy atom. The van der Waals surface area contributed by atoms with E-state index in [9.17, 15) is 13.5 Å². The molecule has 0 atom stereocenters. The van der Waals surface area contributed by atoms with E-state index in [-0.39, 0.29) is 26.5 Å². The van der Waals surface area contributed by atoms with Crippen molar-refractivity contribution in [3.63, 3.8) is 0 Å². The molecule has 28 heavy (non-hydrogen) atoms. The van der Waals surface area contributed by atoms with Gasteiger partial charge in [0.2, 0.25) is 0 Å². The quantitative estimate of drug-likeness (QED) is 0.333. The fraction of sp³-hybridized carbons (Fsp3) is 0.0500. The lowest BCUT2D eigenvalue weighted by Crippen LogP contribution is -2.17. The molecule has 5 nitrogen and oxygen atoms in total. The summed E-state index contributed by atoms with van der Waals surface area (Å²) in [6.07, 6.45) is 0. The smallest absolute Gasteiger partial charge is 0.284 e. The number of rotatable bonds is 4. The summed E-state index contributed by atoms with van der Waals surface area (Å²) in [6, 6.07) is 18.2. The first-order valence-electron chi connectivity index (χ1n) is 8.19. The fourth-order valence-electron chi connectivity index (χ4n) is 2.47. The first-order chi connectivity index (χ1) is 13.3. The Kier molecular flexibility index (Phi) is 5.93. The van der Waals surface area contributed by atoms with Crippen molar-refractivity contribution in [2.75, 3.05) is 5.32 Å². The predicted octanol–water partition coefficient (Wildman–Crippen LogP) is 5.26. The highest BCUT2D eigenvalue weighted by Crippen LogP contribution is 2.39. The van der Waals surface area contributed by atoms with Gasteiger partial charge >= 0.3 is 0 Å². The van der Waals surface area contributed by atoms with Gasteiger partial charge in [0.15, 0.2) is 5.84 Å². The van der Waals surface area contributed by atoms with E-state index in [0.717, 1.165) is 0 Å². The number of aryl methyl sites for hydroxylation is 1. The van der Waals surface area contributed by atoms with Crippen LogP contribution >= 0.6 is 23.2 Å². The summed E-state index contributed by atoms with van der Waals surface area (Å²) in [5.41, 5.74) is 1.35. The average Bonchev–Trinajstić information content (AvgIpc) is 2.71. The second-order valence-corrected chi connectivity index (χ2v) is 8.30. The van der Waals surface area contributed by atoms with E-state index in [1.54, 1.807) is 61.5 Å². The van der Waals surface area contributed by atoms with Crippen LogP contribution in [0.3, 0.4) is 0 Å². The molecule has 0 radical (unpaired) electrons. The summed E-state index contributed by atoms with van der Waals surface area (Å²) in [7, 11) is -3.97. The standard InChI is InChI=1S/C20H16Cl2N2O3S/c1-13-12-16(17(21)18(22)19(13)25)23-20(14-8-4-2-5-9-14)24-28(26,27)15-10-6-3-7-11-15/h2-12,25H,1H3,(H,23,24). The zero-order valence-corrected chi connectivity index (χ0v) is 17.1. The van der Waals surface area contributed by atoms with Crippen molar-refractivity contribution < 1.29 is 13.5 Å². The van der Waals surface area contributed by atoms with Crippen molar-refractivity contribution in [2.45, 2.75) is 11.8 Å². The molecule has 3 aromatic carbocycles. The monoisotopic (exact) mass is 434 g/mol. The molecule has 0 aliphatic carbocycles. The van der Waals surface area contributed by atoms with Crippen LogP contribution in [-0.2, 0) is 10.0 Å². The molecule has 0 fully saturated rings. The maximum Gasteiger partial charge on any atom is 0.284 e. The lowest BCUT2D eigenvalue weighted by molar-refractivity contribution is 0.471. The molecule has 144 valence electrons. The first kappa shape index (κ1) is 20.2. The normalized spacial score (nSPS) is 12.0. The average molecular weight is 435 g/mol. The molecule has 0 aliphatic rings. The van der Waals surface area contributed by atoms with Crippen molar-refractivity contribution in [2.24, 2.45) is 4.40 Å². The molecule has 0 amide bonds. The highest BCUT2D eigenvalue weighted by Gasteiger charge is 2.18. The van der Waals surface area contributed by atoms with E-state index < -0.39 is 10.0 Å². The molecule has 0 spiro atoms. The first-order valence-corrected chi connectivity index (χ1v) is 10.4. The van der Waals surface area contributed by atoms with Crippen molar-refractivity contribution in [1.29, 1.82) is 0 Å². The zero-order chi connectivity index (χ0) is 20.3. The third-order valence-electron chi connectivity index (χ3n) is 3.92. The van der Waals surface area contributed by atoms with Crippen LogP contribution in [0.25, 0.3) is 0 Å². The van der Waals surface area contributed by atoms with Crippen molar-refractivity contribution in [1.82, 2.24) is 0 Å². The molecule has 0 aromatic heterocycles. The second kappa shape index (κ2) is 8.22. The number of hydrogen-bond donors (Lipinski definition) is 2. The van der Waals surface area contributed by atoms with E-state index in [0.29, 0.717) is 16.8 Å². The molecule has 2 N–H and O–H groups in total. The number of amidine groups is 1. The third-order valence-corrected chi connectivity index (χ3v) is 6.07. The summed E-state index contributed by atoms with van der Waals surface area (Å²) in [5.74, 6) is -0.0557. The van der Waals surface area contributed by atoms with Crippen LogP contribution in [0, 0.1) is 6.92 Å². The number of nitrogens with one attached hydrogen (secondary N) is 1. The SMILES string of the molecule is Cc1cc(NC(=NS(=O)(=O)c2ccccc2)c2ccccc2)c(Cl)c(Cl)c1O. The molecular weight excluding hydrogens is 419 g/mol. The number of halogens is 2. The lowest BCUT2D eigenvalue weighted by Gasteiger charge is -2.14. The van der Waals surface area contributed by atoms with Crippen molar-refractivity contribution in [3.05, 3.63) is 87.9 Å². The van der Waals surface area contributed by atoms with Gasteiger partial charge < -0.3 is 10.4 Å². The molecule has 0 unspecified atom stereocenters. The molecule has 8 heteroatoms. The fourth-order valence-corrected chi connectivity index (χ4v) is 3.91. The molecular formula is C20H16Cl2N2O3S. The Morgan fingerprint density at radius 1 is 0.964 bits per heavy atom. The number of anilines is 1. The van der Waals surface area contributed by atoms with E-state index in [4.69, 9.17) is 23.2 Å². The van der Waals surface area contributed by atoms with Gasteiger partial charge in [-0.2, -0.15) is 8.42 Å². The number of aromatic hydroxyl groups is 1. The maximum atomic E-state index is 12.8. The Labute approximate surface area is 173 Å². The Balaban J connectivity index is 2.13. The van der Waals surface area contributed by atoms with Gasteiger partial charge in [0.1, 0.15) is 10.8 Å². The Morgan fingerprint density at radius 3 is 2.14 bits per heavy atom. The summed E-state index contributed by atoms with van der Waals surface area (Å²) in [5, 5.41) is 12.9. The number of hydrogen-bond acceptors (Lipinski definition) is 3. The van der Waals surface area contributed by atoms with E-state index in [1.807, 2.05) is 0 Å². The van der Waals surface area contributed by atoms with Crippen molar-refractivity contribution >= 4 is 44.7 Å². The summed E-state index contributed by atoms with van der Waals surface area (Å²) in [6.45, 7) is 1.66. The molecule has 0 aliphatic heterocycles. The zero-order valence-electron chi connectivity index (χ0n) is 14.7. The number of phenols is 1. The van der Waals surface area contributed by atoms with Gasteiger partial charge in [-0.1, -0.05) is 71.7 Å². The molecule has 3 aromatic rings. The van der Waals surface area contributed by atoms with E-state index in [1.165, 1.54) is 12.1 Å². The maximum absolute atomic E-state index is 12.8. The van der Waals surface area contributed by atoms with Crippen LogP contribution in [0.2, 0.25) is 10.0 Å². The van der Waals surface area contributed by atoms with Gasteiger partial charge in [-0.3, -0.25) is 0 Å². The van der Waals surface area contributed by atoms with Crippen LogP contribution in [0.4, 0.5) is 5.69 Å². The van der Waals surface area contributed by atoms with Gasteiger partial charge in [-0.05, 0) is 30.7 Å². The largest absolute Gasteiger partial charge is 0.506 e. The molecule has 3 rings (SSSR count). The van der Waals surface area contributed by atoms with Crippen LogP contribution < -0.4 is 5.32 Å². The minimum atomic E-state index is -3.97. The van der Waals surface area contributed by atoms with Crippen molar-refractivity contribution in [3.8, 4) is 5.75 Å². The lowest BCUT2D eigenvalue weighted by atomic mass is 10.1. The van der Waals surface area contributed by atoms with Crippen LogP contribution in [0.15, 0.2) is 76.0 Å².